The van der Waals surface area contributed by atoms with Gasteiger partial charge < -0.3 is 14.8 Å². The molecule has 1 unspecified atom stereocenters. The first kappa shape index (κ1) is 21.5. The largest absolute Gasteiger partial charge is 0.486 e. The highest BCUT2D eigenvalue weighted by Crippen LogP contribution is 2.34. The topological polar surface area (TPSA) is 84.9 Å². The van der Waals surface area contributed by atoms with Crippen LogP contribution in [0.5, 0.6) is 11.5 Å². The van der Waals surface area contributed by atoms with Gasteiger partial charge in [0.2, 0.25) is 15.9 Å². The lowest BCUT2D eigenvalue weighted by Gasteiger charge is -2.35. The van der Waals surface area contributed by atoms with Crippen LogP contribution in [0.15, 0.2) is 71.6 Å². The second-order valence-electron chi connectivity index (χ2n) is 8.20. The Morgan fingerprint density at radius 1 is 0.939 bits per heavy atom. The quantitative estimate of drug-likeness (QED) is 0.639. The smallest absolute Gasteiger partial charge is 0.244 e. The monoisotopic (exact) mass is 464 g/mol. The fourth-order valence-corrected chi connectivity index (χ4v) is 5.73. The summed E-state index contributed by atoms with van der Waals surface area (Å²) in [5.41, 5.74) is 3.35. The second kappa shape index (κ2) is 8.53. The first-order valence-electron chi connectivity index (χ1n) is 10.8. The van der Waals surface area contributed by atoms with E-state index >= 15 is 0 Å². The minimum Gasteiger partial charge on any atom is -0.486 e. The molecule has 1 atom stereocenters. The van der Waals surface area contributed by atoms with Crippen molar-refractivity contribution in [1.82, 2.24) is 4.31 Å². The first-order valence-corrected chi connectivity index (χ1v) is 12.2. The van der Waals surface area contributed by atoms with Crippen molar-refractivity contribution in [2.24, 2.45) is 0 Å². The third-order valence-corrected chi connectivity index (χ3v) is 7.81. The van der Waals surface area contributed by atoms with E-state index in [1.54, 1.807) is 42.5 Å². The molecule has 0 aromatic heterocycles. The summed E-state index contributed by atoms with van der Waals surface area (Å²) in [5, 5.41) is 2.87. The van der Waals surface area contributed by atoms with E-state index in [0.29, 0.717) is 30.4 Å². The zero-order valence-electron chi connectivity index (χ0n) is 18.2. The molecular weight excluding hydrogens is 440 g/mol. The molecule has 0 aliphatic carbocycles. The Morgan fingerprint density at radius 3 is 2.39 bits per heavy atom. The molecule has 1 N–H and O–H groups in total. The Morgan fingerprint density at radius 2 is 1.64 bits per heavy atom. The van der Waals surface area contributed by atoms with Crippen molar-refractivity contribution in [2.45, 2.75) is 30.8 Å². The van der Waals surface area contributed by atoms with E-state index in [9.17, 15) is 13.2 Å². The lowest BCUT2D eigenvalue weighted by atomic mass is 9.95. The summed E-state index contributed by atoms with van der Waals surface area (Å²) < 4.78 is 39.6. The van der Waals surface area contributed by atoms with Crippen LogP contribution in [-0.2, 0) is 27.8 Å². The zero-order chi connectivity index (χ0) is 23.0. The summed E-state index contributed by atoms with van der Waals surface area (Å²) in [4.78, 5) is 13.6. The Labute approximate surface area is 193 Å². The van der Waals surface area contributed by atoms with Gasteiger partial charge in [-0.05, 0) is 48.7 Å². The summed E-state index contributed by atoms with van der Waals surface area (Å²) in [6, 6.07) is 18.6. The Hall–Kier alpha value is -3.36. The Bertz CT molecular complexity index is 1300. The van der Waals surface area contributed by atoms with Gasteiger partial charge in [0.05, 0.1) is 4.90 Å². The van der Waals surface area contributed by atoms with Gasteiger partial charge in [0.15, 0.2) is 11.5 Å². The second-order valence-corrected chi connectivity index (χ2v) is 10.1. The van der Waals surface area contributed by atoms with Gasteiger partial charge in [-0.3, -0.25) is 4.79 Å². The third kappa shape index (κ3) is 4.19. The molecule has 0 fully saturated rings. The Kier molecular flexibility index (Phi) is 5.55. The van der Waals surface area contributed by atoms with E-state index in [1.165, 1.54) is 4.31 Å². The van der Waals surface area contributed by atoms with Crippen molar-refractivity contribution in [2.75, 3.05) is 18.5 Å². The van der Waals surface area contributed by atoms with Crippen LogP contribution in [0.2, 0.25) is 0 Å². The molecule has 7 nitrogen and oxygen atoms in total. The molecule has 3 aromatic carbocycles. The van der Waals surface area contributed by atoms with Crippen molar-refractivity contribution in [3.8, 4) is 11.5 Å². The van der Waals surface area contributed by atoms with Crippen molar-refractivity contribution < 1.29 is 22.7 Å². The molecule has 0 saturated heterocycles. The van der Waals surface area contributed by atoms with Crippen molar-refractivity contribution in [3.63, 3.8) is 0 Å². The molecule has 0 bridgehead atoms. The van der Waals surface area contributed by atoms with Crippen LogP contribution in [0.3, 0.4) is 0 Å². The molecule has 3 aromatic rings. The predicted molar refractivity (Wildman–Crippen MR) is 124 cm³/mol. The number of rotatable bonds is 4. The summed E-state index contributed by atoms with van der Waals surface area (Å²) in [6.07, 6.45) is 0.289. The first-order chi connectivity index (χ1) is 15.9. The molecule has 1 amide bonds. The fraction of sp³-hybridized carbons (Fsp3) is 0.240. The molecule has 170 valence electrons. The van der Waals surface area contributed by atoms with Gasteiger partial charge in [0.25, 0.3) is 0 Å². The number of benzene rings is 3. The lowest BCUT2D eigenvalue weighted by Crippen LogP contribution is -2.50. The van der Waals surface area contributed by atoms with Crippen LogP contribution >= 0.6 is 0 Å². The number of carbonyl (C=O) groups is 1. The maximum Gasteiger partial charge on any atom is 0.244 e. The number of nitrogens with one attached hydrogen (secondary N) is 1. The Balaban J connectivity index is 1.47. The van der Waals surface area contributed by atoms with Crippen LogP contribution in [0.1, 0.15) is 16.7 Å². The molecule has 5 rings (SSSR count). The lowest BCUT2D eigenvalue weighted by molar-refractivity contribution is -0.120. The van der Waals surface area contributed by atoms with Crippen LogP contribution < -0.4 is 14.8 Å². The number of sulfonamides is 1. The van der Waals surface area contributed by atoms with Gasteiger partial charge in [-0.1, -0.05) is 42.0 Å². The average Bonchev–Trinajstić information content (AvgIpc) is 2.83. The van der Waals surface area contributed by atoms with Crippen molar-refractivity contribution in [1.29, 1.82) is 0 Å². The van der Waals surface area contributed by atoms with Gasteiger partial charge in [-0.25, -0.2) is 8.42 Å². The van der Waals surface area contributed by atoms with E-state index in [4.69, 9.17) is 9.47 Å². The number of ether oxygens (including phenoxy) is 2. The molecule has 33 heavy (non-hydrogen) atoms. The summed E-state index contributed by atoms with van der Waals surface area (Å²) in [7, 11) is -3.89. The highest BCUT2D eigenvalue weighted by Gasteiger charge is 2.39. The minimum absolute atomic E-state index is 0.131. The molecule has 2 heterocycles. The predicted octanol–water partition coefficient (Wildman–Crippen LogP) is 3.52. The van der Waals surface area contributed by atoms with Crippen molar-refractivity contribution in [3.05, 3.63) is 83.4 Å². The summed E-state index contributed by atoms with van der Waals surface area (Å²) >= 11 is 0. The van der Waals surface area contributed by atoms with E-state index in [-0.39, 0.29) is 17.9 Å². The van der Waals surface area contributed by atoms with Gasteiger partial charge in [-0.15, -0.1) is 0 Å². The third-order valence-electron chi connectivity index (χ3n) is 5.95. The van der Waals surface area contributed by atoms with Crippen LogP contribution in [-0.4, -0.2) is 37.9 Å². The molecule has 2 aliphatic heterocycles. The summed E-state index contributed by atoms with van der Waals surface area (Å²) in [5.74, 6) is 0.781. The molecule has 0 saturated carbocycles. The molecule has 0 radical (unpaired) electrons. The number of anilines is 1. The van der Waals surface area contributed by atoms with Crippen LogP contribution in [0, 0.1) is 6.92 Å². The number of hydrogen-bond acceptors (Lipinski definition) is 5. The number of amides is 1. The number of fused-ring (bicyclic) bond motifs is 2. The molecule has 0 spiro atoms. The molecule has 2 aliphatic rings. The summed E-state index contributed by atoms with van der Waals surface area (Å²) in [6.45, 7) is 2.95. The van der Waals surface area contributed by atoms with E-state index in [1.807, 2.05) is 31.2 Å². The van der Waals surface area contributed by atoms with Crippen LogP contribution in [0.4, 0.5) is 5.69 Å². The maximum atomic E-state index is 13.6. The average molecular weight is 465 g/mol. The minimum atomic E-state index is -3.89. The van der Waals surface area contributed by atoms with Gasteiger partial charge in [0, 0.05) is 18.3 Å². The standard InChI is InChI=1S/C25H24N2O5S/c1-17-6-9-21(10-7-17)33(29,30)27-16-19-5-3-2-4-18(19)14-22(27)25(28)26-20-8-11-23-24(15-20)32-13-12-31-23/h2-11,15,22H,12-14,16H2,1H3,(H,26,28). The maximum absolute atomic E-state index is 13.6. The number of hydrogen-bond donors (Lipinski definition) is 1. The van der Waals surface area contributed by atoms with Gasteiger partial charge in [0.1, 0.15) is 19.3 Å². The van der Waals surface area contributed by atoms with E-state index in [2.05, 4.69) is 5.32 Å². The van der Waals surface area contributed by atoms with E-state index < -0.39 is 22.0 Å². The molecular formula is C25H24N2O5S. The van der Waals surface area contributed by atoms with Gasteiger partial charge >= 0.3 is 0 Å². The highest BCUT2D eigenvalue weighted by molar-refractivity contribution is 7.89. The number of aryl methyl sites for hydroxylation is 1. The van der Waals surface area contributed by atoms with Crippen molar-refractivity contribution >= 4 is 21.6 Å². The van der Waals surface area contributed by atoms with Crippen LogP contribution in [0.25, 0.3) is 0 Å². The van der Waals surface area contributed by atoms with Gasteiger partial charge in [-0.2, -0.15) is 4.31 Å². The molecule has 8 heteroatoms. The van der Waals surface area contributed by atoms with E-state index in [0.717, 1.165) is 16.7 Å². The SMILES string of the molecule is Cc1ccc(S(=O)(=O)N2Cc3ccccc3CC2C(=O)Nc2ccc3c(c2)OCCO3)cc1. The number of nitrogens with zero attached hydrogens (tertiary/aromatic N) is 1. The number of carbonyl (C=O) groups excluding carboxylic acids is 1. The zero-order valence-corrected chi connectivity index (χ0v) is 19.0. The highest BCUT2D eigenvalue weighted by atomic mass is 32.2. The normalized spacial score (nSPS) is 17.8. The fourth-order valence-electron chi connectivity index (χ4n) is 4.17.